The van der Waals surface area contributed by atoms with Crippen LogP contribution in [0, 0.1) is 5.82 Å². The summed E-state index contributed by atoms with van der Waals surface area (Å²) in [6.07, 6.45) is -0.359. The molecular formula is C11H13FN2O3. The lowest BCUT2D eigenvalue weighted by molar-refractivity contribution is -0.145. The molecule has 0 heterocycles. The van der Waals surface area contributed by atoms with Gasteiger partial charge in [0.1, 0.15) is 12.2 Å². The smallest absolute Gasteiger partial charge is 0.315 e. The van der Waals surface area contributed by atoms with E-state index >= 15 is 0 Å². The van der Waals surface area contributed by atoms with Crippen LogP contribution >= 0.6 is 0 Å². The van der Waals surface area contributed by atoms with Gasteiger partial charge in [-0.3, -0.25) is 20.4 Å². The van der Waals surface area contributed by atoms with E-state index in [4.69, 9.17) is 0 Å². The lowest BCUT2D eigenvalue weighted by atomic mass is 10.3. The van der Waals surface area contributed by atoms with E-state index in [1.54, 1.807) is 6.92 Å². The topological polar surface area (TPSA) is 67.4 Å². The van der Waals surface area contributed by atoms with Gasteiger partial charge in [-0.25, -0.2) is 4.39 Å². The first-order chi connectivity index (χ1) is 8.11. The van der Waals surface area contributed by atoms with Gasteiger partial charge in [0.2, 0.25) is 5.91 Å². The van der Waals surface area contributed by atoms with Gasteiger partial charge in [0.05, 0.1) is 12.3 Å². The summed E-state index contributed by atoms with van der Waals surface area (Å²) in [6.45, 7) is 1.89. The predicted octanol–water partition coefficient (Wildman–Crippen LogP) is 1.22. The van der Waals surface area contributed by atoms with E-state index in [1.165, 1.54) is 24.3 Å². The summed E-state index contributed by atoms with van der Waals surface area (Å²) in [7, 11) is 0. The van der Waals surface area contributed by atoms with Crippen molar-refractivity contribution >= 4 is 17.6 Å². The lowest BCUT2D eigenvalue weighted by Crippen LogP contribution is -2.31. The number of nitrogens with one attached hydrogen (secondary N) is 2. The fourth-order valence-corrected chi connectivity index (χ4v) is 1.06. The summed E-state index contributed by atoms with van der Waals surface area (Å²) < 4.78 is 17.2. The molecule has 1 aromatic rings. The van der Waals surface area contributed by atoms with E-state index in [9.17, 15) is 14.0 Å². The fraction of sp³-hybridized carbons (Fsp3) is 0.273. The number of hydrogen-bond donors (Lipinski definition) is 2. The maximum absolute atomic E-state index is 12.6. The molecule has 2 N–H and O–H groups in total. The van der Waals surface area contributed by atoms with Crippen LogP contribution in [0.5, 0.6) is 0 Å². The van der Waals surface area contributed by atoms with Gasteiger partial charge in [-0.1, -0.05) is 0 Å². The van der Waals surface area contributed by atoms with Crippen LogP contribution in [0.2, 0.25) is 0 Å². The Morgan fingerprint density at radius 2 is 1.94 bits per heavy atom. The SMILES string of the molecule is CCOC(=O)CC(=O)NNc1ccc(F)cc1. The first-order valence-corrected chi connectivity index (χ1v) is 5.08. The second-order valence-corrected chi connectivity index (χ2v) is 3.16. The number of anilines is 1. The number of hydrazine groups is 1. The molecule has 92 valence electrons. The van der Waals surface area contributed by atoms with E-state index in [2.05, 4.69) is 15.6 Å². The Bertz CT molecular complexity index is 392. The van der Waals surface area contributed by atoms with Crippen LogP contribution in [0.15, 0.2) is 24.3 Å². The van der Waals surface area contributed by atoms with Crippen molar-refractivity contribution in [2.45, 2.75) is 13.3 Å². The number of carbonyl (C=O) groups is 2. The number of amides is 1. The molecule has 0 aromatic heterocycles. The highest BCUT2D eigenvalue weighted by Crippen LogP contribution is 2.06. The van der Waals surface area contributed by atoms with Gasteiger partial charge in [0, 0.05) is 0 Å². The van der Waals surface area contributed by atoms with Gasteiger partial charge in [-0.2, -0.15) is 0 Å². The Morgan fingerprint density at radius 3 is 2.53 bits per heavy atom. The highest BCUT2D eigenvalue weighted by molar-refractivity contribution is 5.94. The van der Waals surface area contributed by atoms with Crippen molar-refractivity contribution in [2.24, 2.45) is 0 Å². The van der Waals surface area contributed by atoms with Crippen LogP contribution in [-0.4, -0.2) is 18.5 Å². The van der Waals surface area contributed by atoms with Crippen molar-refractivity contribution in [3.63, 3.8) is 0 Å². The minimum atomic E-state index is -0.592. The van der Waals surface area contributed by atoms with E-state index in [1.807, 2.05) is 0 Å². The maximum atomic E-state index is 12.6. The number of rotatable bonds is 5. The average molecular weight is 240 g/mol. The Hall–Kier alpha value is -2.11. The average Bonchev–Trinajstić information content (AvgIpc) is 2.28. The summed E-state index contributed by atoms with van der Waals surface area (Å²) >= 11 is 0. The molecule has 0 aliphatic carbocycles. The minimum absolute atomic E-state index is 0.234. The number of benzene rings is 1. The maximum Gasteiger partial charge on any atom is 0.315 e. The van der Waals surface area contributed by atoms with E-state index in [-0.39, 0.29) is 18.8 Å². The van der Waals surface area contributed by atoms with Gasteiger partial charge in [0.25, 0.3) is 0 Å². The molecule has 0 aliphatic heterocycles. The molecular weight excluding hydrogens is 227 g/mol. The second kappa shape index (κ2) is 6.47. The van der Waals surface area contributed by atoms with Gasteiger partial charge < -0.3 is 4.74 Å². The molecule has 5 nitrogen and oxygen atoms in total. The molecule has 0 unspecified atom stereocenters. The first kappa shape index (κ1) is 13.0. The standard InChI is InChI=1S/C11H13FN2O3/c1-2-17-11(16)7-10(15)14-13-9-5-3-8(12)4-6-9/h3-6,13H,2,7H2,1H3,(H,14,15). The van der Waals surface area contributed by atoms with Crippen LogP contribution in [-0.2, 0) is 14.3 Å². The number of halogens is 1. The largest absolute Gasteiger partial charge is 0.466 e. The Morgan fingerprint density at radius 1 is 1.29 bits per heavy atom. The van der Waals surface area contributed by atoms with Crippen molar-refractivity contribution in [1.82, 2.24) is 5.43 Å². The molecule has 6 heteroatoms. The fourth-order valence-electron chi connectivity index (χ4n) is 1.06. The number of carbonyl (C=O) groups excluding carboxylic acids is 2. The second-order valence-electron chi connectivity index (χ2n) is 3.16. The van der Waals surface area contributed by atoms with Crippen LogP contribution in [0.4, 0.5) is 10.1 Å². The van der Waals surface area contributed by atoms with Gasteiger partial charge in [-0.05, 0) is 31.2 Å². The normalized spacial score (nSPS) is 9.53. The molecule has 0 atom stereocenters. The molecule has 0 fully saturated rings. The number of esters is 1. The molecule has 0 aliphatic rings. The molecule has 1 rings (SSSR count). The van der Waals surface area contributed by atoms with E-state index in [0.717, 1.165) is 0 Å². The zero-order chi connectivity index (χ0) is 12.7. The molecule has 0 saturated carbocycles. The van der Waals surface area contributed by atoms with Gasteiger partial charge >= 0.3 is 5.97 Å². The monoisotopic (exact) mass is 240 g/mol. The summed E-state index contributed by atoms with van der Waals surface area (Å²) in [6, 6.07) is 5.42. The van der Waals surface area contributed by atoms with Crippen LogP contribution in [0.3, 0.4) is 0 Å². The van der Waals surface area contributed by atoms with Crippen molar-refractivity contribution in [2.75, 3.05) is 12.0 Å². The van der Waals surface area contributed by atoms with Crippen molar-refractivity contribution < 1.29 is 18.7 Å². The quantitative estimate of drug-likeness (QED) is 0.461. The van der Waals surface area contributed by atoms with Crippen LogP contribution in [0.1, 0.15) is 13.3 Å². The van der Waals surface area contributed by atoms with Crippen molar-refractivity contribution in [3.05, 3.63) is 30.1 Å². The Labute approximate surface area is 97.9 Å². The first-order valence-electron chi connectivity index (χ1n) is 5.08. The minimum Gasteiger partial charge on any atom is -0.466 e. The number of hydrogen-bond acceptors (Lipinski definition) is 4. The summed E-state index contributed by atoms with van der Waals surface area (Å²) in [4.78, 5) is 22.2. The third-order valence-electron chi connectivity index (χ3n) is 1.80. The lowest BCUT2D eigenvalue weighted by Gasteiger charge is -2.07. The van der Waals surface area contributed by atoms with Crippen LogP contribution in [0.25, 0.3) is 0 Å². The molecule has 0 saturated heterocycles. The third-order valence-corrected chi connectivity index (χ3v) is 1.80. The van der Waals surface area contributed by atoms with Crippen molar-refractivity contribution in [1.29, 1.82) is 0 Å². The molecule has 0 radical (unpaired) electrons. The predicted molar refractivity (Wildman–Crippen MR) is 59.4 cm³/mol. The third kappa shape index (κ3) is 4.96. The molecule has 0 spiro atoms. The highest BCUT2D eigenvalue weighted by Gasteiger charge is 2.09. The number of ether oxygens (including phenoxy) is 1. The summed E-state index contributed by atoms with van der Waals surface area (Å²) in [5, 5.41) is 0. The zero-order valence-corrected chi connectivity index (χ0v) is 9.33. The van der Waals surface area contributed by atoms with Gasteiger partial charge in [-0.15, -0.1) is 0 Å². The molecule has 0 bridgehead atoms. The zero-order valence-electron chi connectivity index (χ0n) is 9.33. The summed E-state index contributed by atoms with van der Waals surface area (Å²) in [5.74, 6) is -1.48. The molecule has 1 amide bonds. The molecule has 1 aromatic carbocycles. The Balaban J connectivity index is 2.33. The molecule has 17 heavy (non-hydrogen) atoms. The Kier molecular flexibility index (Phi) is 4.93. The van der Waals surface area contributed by atoms with Gasteiger partial charge in [0.15, 0.2) is 0 Å². The highest BCUT2D eigenvalue weighted by atomic mass is 19.1. The summed E-state index contributed by atoms with van der Waals surface area (Å²) in [5.41, 5.74) is 5.36. The van der Waals surface area contributed by atoms with Crippen LogP contribution < -0.4 is 10.9 Å². The van der Waals surface area contributed by atoms with Crippen molar-refractivity contribution in [3.8, 4) is 0 Å². The van der Waals surface area contributed by atoms with E-state index < -0.39 is 11.9 Å². The van der Waals surface area contributed by atoms with E-state index in [0.29, 0.717) is 5.69 Å².